The first kappa shape index (κ1) is 15.4. The minimum Gasteiger partial charge on any atom is -0.490 e. The third-order valence-corrected chi connectivity index (χ3v) is 2.54. The van der Waals surface area contributed by atoms with Crippen LogP contribution in [0.3, 0.4) is 0 Å². The molecule has 0 aliphatic rings. The van der Waals surface area contributed by atoms with Crippen molar-refractivity contribution in [2.75, 3.05) is 26.7 Å². The average molecular weight is 273 g/mol. The van der Waals surface area contributed by atoms with Crippen molar-refractivity contribution < 1.29 is 23.4 Å². The highest BCUT2D eigenvalue weighted by Gasteiger charge is 2.05. The summed E-state index contributed by atoms with van der Waals surface area (Å²) in [6.45, 7) is 1.40. The van der Waals surface area contributed by atoms with Gasteiger partial charge in [0.1, 0.15) is 5.82 Å². The molecule has 1 aromatic rings. The summed E-state index contributed by atoms with van der Waals surface area (Å²) in [6.07, 6.45) is 0.719. The quantitative estimate of drug-likeness (QED) is 0.737. The van der Waals surface area contributed by atoms with Crippen LogP contribution in [0.4, 0.5) is 8.78 Å². The number of nitrogens with zero attached hydrogens (tertiary/aromatic N) is 1. The van der Waals surface area contributed by atoms with Crippen molar-refractivity contribution in [3.8, 4) is 5.75 Å². The number of carboxylic acids is 1. The lowest BCUT2D eigenvalue weighted by Crippen LogP contribution is -2.24. The SMILES string of the molecule is CN(CCCOc1ccc(F)cc1F)CCC(=O)O. The predicted molar refractivity (Wildman–Crippen MR) is 66.2 cm³/mol. The molecule has 0 radical (unpaired) electrons. The Bertz CT molecular complexity index is 426. The summed E-state index contributed by atoms with van der Waals surface area (Å²) in [7, 11) is 1.81. The smallest absolute Gasteiger partial charge is 0.304 e. The molecule has 0 amide bonds. The second-order valence-corrected chi connectivity index (χ2v) is 4.22. The molecule has 0 spiro atoms. The highest BCUT2D eigenvalue weighted by molar-refractivity contribution is 5.66. The van der Waals surface area contributed by atoms with Crippen LogP contribution < -0.4 is 4.74 Å². The van der Waals surface area contributed by atoms with Crippen molar-refractivity contribution in [3.05, 3.63) is 29.8 Å². The highest BCUT2D eigenvalue weighted by Crippen LogP contribution is 2.17. The van der Waals surface area contributed by atoms with Crippen molar-refractivity contribution in [3.63, 3.8) is 0 Å². The number of halogens is 2. The van der Waals surface area contributed by atoms with Crippen LogP contribution in [0, 0.1) is 11.6 Å². The van der Waals surface area contributed by atoms with E-state index in [1.165, 1.54) is 6.07 Å². The van der Waals surface area contributed by atoms with Crippen LogP contribution in [0.15, 0.2) is 18.2 Å². The van der Waals surface area contributed by atoms with Gasteiger partial charge in [-0.2, -0.15) is 0 Å². The van der Waals surface area contributed by atoms with Crippen molar-refractivity contribution in [1.29, 1.82) is 0 Å². The number of hydrogen-bond donors (Lipinski definition) is 1. The first-order valence-electron chi connectivity index (χ1n) is 5.97. The summed E-state index contributed by atoms with van der Waals surface area (Å²) in [5, 5.41) is 8.51. The van der Waals surface area contributed by atoms with E-state index in [0.29, 0.717) is 26.1 Å². The summed E-state index contributed by atoms with van der Waals surface area (Å²) < 4.78 is 31.0. The Hall–Kier alpha value is -1.69. The second-order valence-electron chi connectivity index (χ2n) is 4.22. The van der Waals surface area contributed by atoms with Crippen LogP contribution in [-0.2, 0) is 4.79 Å². The van der Waals surface area contributed by atoms with Crippen molar-refractivity contribution in [2.45, 2.75) is 12.8 Å². The summed E-state index contributed by atoms with van der Waals surface area (Å²) in [6, 6.07) is 3.16. The van der Waals surface area contributed by atoms with Gasteiger partial charge in [0.15, 0.2) is 11.6 Å². The summed E-state index contributed by atoms with van der Waals surface area (Å²) in [5.41, 5.74) is 0. The molecule has 6 heteroatoms. The number of aliphatic carboxylic acids is 1. The number of rotatable bonds is 8. The average Bonchev–Trinajstić information content (AvgIpc) is 2.34. The molecular formula is C13H17F2NO3. The molecule has 0 saturated heterocycles. The fourth-order valence-electron chi connectivity index (χ4n) is 1.51. The maximum atomic E-state index is 13.2. The van der Waals surface area contributed by atoms with Crippen LogP contribution >= 0.6 is 0 Å². The van der Waals surface area contributed by atoms with Gasteiger partial charge in [0.25, 0.3) is 0 Å². The number of hydrogen-bond acceptors (Lipinski definition) is 3. The molecule has 1 N–H and O–H groups in total. The van der Waals surface area contributed by atoms with Gasteiger partial charge in [0, 0.05) is 19.2 Å². The number of benzene rings is 1. The Balaban J connectivity index is 2.21. The van der Waals surface area contributed by atoms with Gasteiger partial charge >= 0.3 is 5.97 Å². The van der Waals surface area contributed by atoms with E-state index in [0.717, 1.165) is 12.1 Å². The topological polar surface area (TPSA) is 49.8 Å². The molecule has 0 fully saturated rings. The van der Waals surface area contributed by atoms with Crippen LogP contribution in [0.25, 0.3) is 0 Å². The lowest BCUT2D eigenvalue weighted by atomic mass is 10.3. The van der Waals surface area contributed by atoms with Crippen molar-refractivity contribution in [1.82, 2.24) is 4.90 Å². The van der Waals surface area contributed by atoms with E-state index in [1.54, 1.807) is 7.05 Å². The zero-order valence-corrected chi connectivity index (χ0v) is 10.7. The van der Waals surface area contributed by atoms with Gasteiger partial charge in [-0.1, -0.05) is 0 Å². The normalized spacial score (nSPS) is 10.7. The third kappa shape index (κ3) is 6.15. The molecule has 0 saturated carbocycles. The van der Waals surface area contributed by atoms with Gasteiger partial charge in [-0.3, -0.25) is 4.79 Å². The summed E-state index contributed by atoms with van der Waals surface area (Å²) in [4.78, 5) is 12.2. The Labute approximate surface area is 110 Å². The molecule has 0 heterocycles. The molecule has 106 valence electrons. The van der Waals surface area contributed by atoms with Crippen molar-refractivity contribution in [2.24, 2.45) is 0 Å². The van der Waals surface area contributed by atoms with Crippen LogP contribution in [0.2, 0.25) is 0 Å². The molecule has 0 bridgehead atoms. The highest BCUT2D eigenvalue weighted by atomic mass is 19.1. The van der Waals surface area contributed by atoms with Gasteiger partial charge in [-0.15, -0.1) is 0 Å². The minimum atomic E-state index is -0.837. The van der Waals surface area contributed by atoms with E-state index in [4.69, 9.17) is 9.84 Å². The lowest BCUT2D eigenvalue weighted by molar-refractivity contribution is -0.137. The zero-order valence-electron chi connectivity index (χ0n) is 10.7. The molecule has 0 atom stereocenters. The molecule has 19 heavy (non-hydrogen) atoms. The molecule has 0 aliphatic heterocycles. The fraction of sp³-hybridized carbons (Fsp3) is 0.462. The Morgan fingerprint density at radius 3 is 2.74 bits per heavy atom. The Morgan fingerprint density at radius 1 is 1.37 bits per heavy atom. The molecular weight excluding hydrogens is 256 g/mol. The monoisotopic (exact) mass is 273 g/mol. The number of carbonyl (C=O) groups is 1. The van der Waals surface area contributed by atoms with E-state index in [-0.39, 0.29) is 12.2 Å². The van der Waals surface area contributed by atoms with Gasteiger partial charge in [0.2, 0.25) is 0 Å². The minimum absolute atomic E-state index is 0.0228. The molecule has 4 nitrogen and oxygen atoms in total. The molecule has 0 unspecified atom stereocenters. The van der Waals surface area contributed by atoms with E-state index >= 15 is 0 Å². The second kappa shape index (κ2) is 7.68. The molecule has 0 aromatic heterocycles. The van der Waals surface area contributed by atoms with Gasteiger partial charge < -0.3 is 14.7 Å². The molecule has 0 aliphatic carbocycles. The van der Waals surface area contributed by atoms with Crippen LogP contribution in [-0.4, -0.2) is 42.7 Å². The standard InChI is InChI=1S/C13H17F2NO3/c1-16(7-5-13(17)18)6-2-8-19-12-4-3-10(14)9-11(12)15/h3-4,9H,2,5-8H2,1H3,(H,17,18). The van der Waals surface area contributed by atoms with E-state index in [1.807, 2.05) is 4.90 Å². The number of carboxylic acid groups (broad SMARTS) is 1. The Morgan fingerprint density at radius 2 is 2.11 bits per heavy atom. The van der Waals surface area contributed by atoms with Crippen LogP contribution in [0.5, 0.6) is 5.75 Å². The van der Waals surface area contributed by atoms with Crippen molar-refractivity contribution >= 4 is 5.97 Å². The maximum Gasteiger partial charge on any atom is 0.304 e. The molecule has 1 aromatic carbocycles. The van der Waals surface area contributed by atoms with E-state index in [2.05, 4.69) is 0 Å². The summed E-state index contributed by atoms with van der Waals surface area (Å²) >= 11 is 0. The van der Waals surface area contributed by atoms with E-state index < -0.39 is 17.6 Å². The fourth-order valence-corrected chi connectivity index (χ4v) is 1.51. The Kier molecular flexibility index (Phi) is 6.21. The van der Waals surface area contributed by atoms with Gasteiger partial charge in [-0.25, -0.2) is 8.78 Å². The summed E-state index contributed by atoms with van der Waals surface area (Å²) in [5.74, 6) is -2.18. The first-order chi connectivity index (χ1) is 8.99. The number of ether oxygens (including phenoxy) is 1. The van der Waals surface area contributed by atoms with E-state index in [9.17, 15) is 13.6 Å². The lowest BCUT2D eigenvalue weighted by Gasteiger charge is -2.15. The van der Waals surface area contributed by atoms with Gasteiger partial charge in [0.05, 0.1) is 13.0 Å². The molecule has 1 rings (SSSR count). The van der Waals surface area contributed by atoms with Gasteiger partial charge in [-0.05, 0) is 25.6 Å². The first-order valence-corrected chi connectivity index (χ1v) is 5.97. The zero-order chi connectivity index (χ0) is 14.3. The largest absolute Gasteiger partial charge is 0.490 e. The maximum absolute atomic E-state index is 13.2. The third-order valence-electron chi connectivity index (χ3n) is 2.54. The predicted octanol–water partition coefficient (Wildman–Crippen LogP) is 2.14. The van der Waals surface area contributed by atoms with Crippen LogP contribution in [0.1, 0.15) is 12.8 Å².